The van der Waals surface area contributed by atoms with Crippen molar-refractivity contribution in [3.8, 4) is 0 Å². The predicted octanol–water partition coefficient (Wildman–Crippen LogP) is 1.05. The summed E-state index contributed by atoms with van der Waals surface area (Å²) in [6.45, 7) is 7.15. The highest BCUT2D eigenvalue weighted by Gasteiger charge is 2.37. The van der Waals surface area contributed by atoms with E-state index >= 15 is 0 Å². The monoisotopic (exact) mass is 283 g/mol. The SMILES string of the molecule is CCOC(=O)C1CC=C(BOC(C)(N)C(C)(C)O)CC1. The van der Waals surface area contributed by atoms with E-state index in [1.807, 2.05) is 13.0 Å². The van der Waals surface area contributed by atoms with Crippen molar-refractivity contribution in [2.45, 2.75) is 58.3 Å². The van der Waals surface area contributed by atoms with Gasteiger partial charge in [0, 0.05) is 0 Å². The Morgan fingerprint density at radius 2 is 2.20 bits per heavy atom. The fourth-order valence-corrected chi connectivity index (χ4v) is 1.91. The average Bonchev–Trinajstić information content (AvgIpc) is 2.36. The number of hydrogen-bond donors (Lipinski definition) is 2. The molecule has 2 atom stereocenters. The average molecular weight is 283 g/mol. The highest BCUT2D eigenvalue weighted by Crippen LogP contribution is 2.26. The van der Waals surface area contributed by atoms with Crippen LogP contribution in [0.5, 0.6) is 0 Å². The molecule has 0 aliphatic heterocycles. The first-order valence-electron chi connectivity index (χ1n) is 7.17. The Labute approximate surface area is 121 Å². The number of aliphatic hydroxyl groups is 1. The molecular formula is C14H26BNO4. The van der Waals surface area contributed by atoms with Crippen LogP contribution in [0, 0.1) is 5.92 Å². The molecule has 0 saturated heterocycles. The van der Waals surface area contributed by atoms with E-state index in [0.29, 0.717) is 20.5 Å². The van der Waals surface area contributed by atoms with Crippen LogP contribution in [0.2, 0.25) is 0 Å². The molecule has 0 aromatic carbocycles. The summed E-state index contributed by atoms with van der Waals surface area (Å²) in [5.41, 5.74) is 4.85. The first kappa shape index (κ1) is 17.2. The fraction of sp³-hybridized carbons (Fsp3) is 0.786. The van der Waals surface area contributed by atoms with Gasteiger partial charge in [0.25, 0.3) is 0 Å². The highest BCUT2D eigenvalue weighted by molar-refractivity contribution is 6.38. The second-order valence-electron chi connectivity index (χ2n) is 6.04. The summed E-state index contributed by atoms with van der Waals surface area (Å²) in [7, 11) is 0.381. The van der Waals surface area contributed by atoms with Crippen LogP contribution >= 0.6 is 0 Å². The Morgan fingerprint density at radius 3 is 2.65 bits per heavy atom. The minimum Gasteiger partial charge on any atom is -0.466 e. The lowest BCUT2D eigenvalue weighted by atomic mass is 9.75. The van der Waals surface area contributed by atoms with Crippen molar-refractivity contribution >= 4 is 13.5 Å². The van der Waals surface area contributed by atoms with Crippen LogP contribution < -0.4 is 5.73 Å². The Bertz CT molecular complexity index is 374. The van der Waals surface area contributed by atoms with Gasteiger partial charge in [0.2, 0.25) is 0 Å². The molecule has 3 N–H and O–H groups in total. The van der Waals surface area contributed by atoms with E-state index in [-0.39, 0.29) is 11.9 Å². The molecular weight excluding hydrogens is 257 g/mol. The van der Waals surface area contributed by atoms with Crippen molar-refractivity contribution in [2.75, 3.05) is 6.61 Å². The summed E-state index contributed by atoms with van der Waals surface area (Å²) in [4.78, 5) is 11.6. The molecule has 0 heterocycles. The summed E-state index contributed by atoms with van der Waals surface area (Å²) in [5.74, 6) is -0.166. The summed E-state index contributed by atoms with van der Waals surface area (Å²) < 4.78 is 10.6. The van der Waals surface area contributed by atoms with Crippen LogP contribution in [-0.4, -0.2) is 36.5 Å². The second kappa shape index (κ2) is 6.74. The maximum Gasteiger partial charge on any atom is 0.309 e. The minimum absolute atomic E-state index is 0.0442. The Balaban J connectivity index is 2.47. The van der Waals surface area contributed by atoms with Crippen LogP contribution in [0.4, 0.5) is 0 Å². The molecule has 1 aliphatic rings. The number of esters is 1. The van der Waals surface area contributed by atoms with Gasteiger partial charge in [-0.3, -0.25) is 4.79 Å². The molecule has 0 aromatic heterocycles. The lowest BCUT2D eigenvalue weighted by Crippen LogP contribution is -2.57. The number of allylic oxidation sites excluding steroid dienone is 2. The van der Waals surface area contributed by atoms with E-state index in [0.717, 1.165) is 18.3 Å². The Morgan fingerprint density at radius 1 is 1.55 bits per heavy atom. The maximum absolute atomic E-state index is 11.6. The van der Waals surface area contributed by atoms with E-state index in [9.17, 15) is 9.90 Å². The van der Waals surface area contributed by atoms with Gasteiger partial charge in [0.1, 0.15) is 5.72 Å². The van der Waals surface area contributed by atoms with Crippen molar-refractivity contribution in [3.05, 3.63) is 11.5 Å². The molecule has 0 fully saturated rings. The van der Waals surface area contributed by atoms with Gasteiger partial charge >= 0.3 is 13.5 Å². The van der Waals surface area contributed by atoms with E-state index in [4.69, 9.17) is 15.1 Å². The molecule has 2 unspecified atom stereocenters. The third-order valence-corrected chi connectivity index (χ3v) is 3.90. The quantitative estimate of drug-likeness (QED) is 0.432. The van der Waals surface area contributed by atoms with Crippen molar-refractivity contribution in [1.82, 2.24) is 0 Å². The van der Waals surface area contributed by atoms with Crippen LogP contribution in [0.25, 0.3) is 0 Å². The summed E-state index contributed by atoms with van der Waals surface area (Å²) in [6.07, 6.45) is 4.27. The minimum atomic E-state index is -1.12. The van der Waals surface area contributed by atoms with E-state index in [2.05, 4.69) is 0 Å². The zero-order valence-electron chi connectivity index (χ0n) is 12.9. The second-order valence-corrected chi connectivity index (χ2v) is 6.04. The number of carbonyl (C=O) groups excluding carboxylic acids is 1. The van der Waals surface area contributed by atoms with Gasteiger partial charge in [-0.2, -0.15) is 0 Å². The van der Waals surface area contributed by atoms with Gasteiger partial charge in [0.15, 0.2) is 0 Å². The molecule has 0 spiro atoms. The third-order valence-electron chi connectivity index (χ3n) is 3.90. The van der Waals surface area contributed by atoms with Gasteiger partial charge in [-0.15, -0.1) is 0 Å². The molecule has 1 aliphatic carbocycles. The first-order chi connectivity index (χ1) is 9.17. The summed E-state index contributed by atoms with van der Waals surface area (Å²) in [6, 6.07) is 0. The van der Waals surface area contributed by atoms with Crippen molar-refractivity contribution < 1.29 is 19.3 Å². The smallest absolute Gasteiger partial charge is 0.309 e. The van der Waals surface area contributed by atoms with Crippen LogP contribution in [0.15, 0.2) is 11.5 Å². The lowest BCUT2D eigenvalue weighted by molar-refractivity contribution is -0.148. The number of hydrogen-bond acceptors (Lipinski definition) is 5. The van der Waals surface area contributed by atoms with Gasteiger partial charge in [-0.25, -0.2) is 0 Å². The molecule has 0 bridgehead atoms. The first-order valence-corrected chi connectivity index (χ1v) is 7.17. The molecule has 0 aromatic rings. The number of nitrogens with two attached hydrogens (primary N) is 1. The predicted molar refractivity (Wildman–Crippen MR) is 79.2 cm³/mol. The van der Waals surface area contributed by atoms with Crippen LogP contribution in [0.1, 0.15) is 47.0 Å². The lowest BCUT2D eigenvalue weighted by Gasteiger charge is -2.37. The zero-order valence-corrected chi connectivity index (χ0v) is 12.9. The van der Waals surface area contributed by atoms with Crippen LogP contribution in [0.3, 0.4) is 0 Å². The molecule has 0 radical (unpaired) electrons. The molecule has 6 heteroatoms. The third kappa shape index (κ3) is 4.61. The van der Waals surface area contributed by atoms with Crippen molar-refractivity contribution in [2.24, 2.45) is 11.7 Å². The molecule has 20 heavy (non-hydrogen) atoms. The maximum atomic E-state index is 11.6. The number of carbonyl (C=O) groups is 1. The molecule has 114 valence electrons. The van der Waals surface area contributed by atoms with Crippen molar-refractivity contribution in [3.63, 3.8) is 0 Å². The molecule has 0 saturated carbocycles. The summed E-state index contributed by atoms with van der Waals surface area (Å²) >= 11 is 0. The molecule has 5 nitrogen and oxygen atoms in total. The molecule has 0 amide bonds. The topological polar surface area (TPSA) is 81.8 Å². The number of rotatable bonds is 6. The van der Waals surface area contributed by atoms with E-state index in [1.54, 1.807) is 20.8 Å². The van der Waals surface area contributed by atoms with Gasteiger partial charge in [-0.1, -0.05) is 11.5 Å². The standard InChI is InChI=1S/C14H26BNO4/c1-5-19-12(17)10-6-8-11(9-7-10)15-20-14(4,16)13(2,3)18/h8,10,15,18H,5-7,9,16H2,1-4H3. The molecule has 1 rings (SSSR count). The van der Waals surface area contributed by atoms with Gasteiger partial charge < -0.3 is 20.2 Å². The van der Waals surface area contributed by atoms with Crippen LogP contribution in [-0.2, 0) is 14.2 Å². The van der Waals surface area contributed by atoms with E-state index < -0.39 is 11.3 Å². The largest absolute Gasteiger partial charge is 0.466 e. The van der Waals surface area contributed by atoms with Gasteiger partial charge in [0.05, 0.1) is 18.1 Å². The Hall–Kier alpha value is -0.845. The summed E-state index contributed by atoms with van der Waals surface area (Å²) in [5, 5.41) is 9.92. The zero-order chi connectivity index (χ0) is 15.4. The van der Waals surface area contributed by atoms with Crippen molar-refractivity contribution in [1.29, 1.82) is 0 Å². The normalized spacial score (nSPS) is 22.7. The van der Waals surface area contributed by atoms with Gasteiger partial charge in [-0.05, 0) is 47.0 Å². The van der Waals surface area contributed by atoms with E-state index in [1.165, 1.54) is 0 Å². The highest BCUT2D eigenvalue weighted by atomic mass is 16.5. The fourth-order valence-electron chi connectivity index (χ4n) is 1.91. The number of ether oxygens (including phenoxy) is 1. The Kier molecular flexibility index (Phi) is 5.80.